The zero-order chi connectivity index (χ0) is 16.8. The predicted octanol–water partition coefficient (Wildman–Crippen LogP) is 1.96. The van der Waals surface area contributed by atoms with Crippen molar-refractivity contribution in [3.63, 3.8) is 0 Å². The largest absolute Gasteiger partial charge is 0.508 e. The molecule has 0 saturated heterocycles. The molecule has 0 fully saturated rings. The van der Waals surface area contributed by atoms with Crippen LogP contribution >= 0.6 is 0 Å². The molecule has 0 aliphatic heterocycles. The highest BCUT2D eigenvalue weighted by atomic mass is 16.5. The van der Waals surface area contributed by atoms with Crippen molar-refractivity contribution in [2.45, 2.75) is 12.8 Å². The summed E-state index contributed by atoms with van der Waals surface area (Å²) in [6, 6.07) is 9.07. The lowest BCUT2D eigenvalue weighted by Crippen LogP contribution is -2.10. The molecule has 0 heterocycles. The maximum atomic E-state index is 12.2. The number of carbonyl (C=O) groups excluding carboxylic acids is 1. The number of aromatic hydroxyl groups is 3. The molecule has 0 amide bonds. The van der Waals surface area contributed by atoms with Crippen molar-refractivity contribution in [3.05, 3.63) is 47.5 Å². The minimum atomic E-state index is -0.376. The average Bonchev–Trinajstić information content (AvgIpc) is 2.51. The Hall–Kier alpha value is -2.73. The molecule has 23 heavy (non-hydrogen) atoms. The molecule has 0 radical (unpaired) electrons. The van der Waals surface area contributed by atoms with E-state index in [-0.39, 0.29) is 47.4 Å². The van der Waals surface area contributed by atoms with Gasteiger partial charge in [0.05, 0.1) is 0 Å². The van der Waals surface area contributed by atoms with E-state index in [1.54, 1.807) is 24.3 Å². The fraction of sp³-hybridized carbons (Fsp3) is 0.235. The van der Waals surface area contributed by atoms with Gasteiger partial charge in [0.2, 0.25) is 0 Å². The van der Waals surface area contributed by atoms with Crippen molar-refractivity contribution < 1.29 is 24.9 Å². The van der Waals surface area contributed by atoms with Gasteiger partial charge in [-0.3, -0.25) is 4.79 Å². The van der Waals surface area contributed by atoms with Crippen molar-refractivity contribution >= 4 is 5.78 Å². The Morgan fingerprint density at radius 3 is 2.22 bits per heavy atom. The summed E-state index contributed by atoms with van der Waals surface area (Å²) in [5.41, 5.74) is 6.07. The van der Waals surface area contributed by atoms with Gasteiger partial charge >= 0.3 is 0 Å². The number of benzene rings is 2. The van der Waals surface area contributed by atoms with Crippen LogP contribution in [0.25, 0.3) is 0 Å². The molecule has 0 aliphatic carbocycles. The van der Waals surface area contributed by atoms with E-state index in [1.807, 2.05) is 0 Å². The number of Topliss-reactive ketones (excluding diaryl/α,β-unsaturated/α-hetero) is 1. The van der Waals surface area contributed by atoms with Gasteiger partial charge in [-0.25, -0.2) is 0 Å². The van der Waals surface area contributed by atoms with E-state index in [1.165, 1.54) is 12.1 Å². The van der Waals surface area contributed by atoms with Crippen molar-refractivity contribution in [3.8, 4) is 23.0 Å². The zero-order valence-corrected chi connectivity index (χ0v) is 12.5. The molecule has 0 unspecified atom stereocenters. The highest BCUT2D eigenvalue weighted by Gasteiger charge is 2.18. The van der Waals surface area contributed by atoms with Gasteiger partial charge in [0.1, 0.15) is 35.2 Å². The summed E-state index contributed by atoms with van der Waals surface area (Å²) in [7, 11) is 0. The SMILES string of the molecule is NCCOc1cc(O)c(C(=O)CCc2ccc(O)cc2)c(O)c1. The first-order valence-corrected chi connectivity index (χ1v) is 7.21. The number of aryl methyl sites for hydroxylation is 1. The van der Waals surface area contributed by atoms with Crippen LogP contribution in [0.4, 0.5) is 0 Å². The van der Waals surface area contributed by atoms with Gasteiger partial charge in [-0.15, -0.1) is 0 Å². The first-order valence-electron chi connectivity index (χ1n) is 7.21. The maximum absolute atomic E-state index is 12.2. The molecule has 122 valence electrons. The lowest BCUT2D eigenvalue weighted by molar-refractivity contribution is 0.0977. The van der Waals surface area contributed by atoms with E-state index in [2.05, 4.69) is 0 Å². The molecular formula is C17H19NO5. The van der Waals surface area contributed by atoms with E-state index < -0.39 is 0 Å². The second-order valence-electron chi connectivity index (χ2n) is 5.06. The standard InChI is InChI=1S/C17H19NO5/c18-7-8-23-13-9-15(21)17(16(22)10-13)14(20)6-3-11-1-4-12(19)5-2-11/h1-2,4-5,9-10,19,21-22H,3,6-8,18H2. The van der Waals surface area contributed by atoms with E-state index in [0.29, 0.717) is 13.0 Å². The van der Waals surface area contributed by atoms with Crippen LogP contribution in [0.5, 0.6) is 23.0 Å². The zero-order valence-electron chi connectivity index (χ0n) is 12.5. The fourth-order valence-electron chi connectivity index (χ4n) is 2.18. The van der Waals surface area contributed by atoms with Gasteiger partial charge in [-0.1, -0.05) is 12.1 Å². The van der Waals surface area contributed by atoms with Crippen LogP contribution in [0.1, 0.15) is 22.3 Å². The molecule has 6 nitrogen and oxygen atoms in total. The Morgan fingerprint density at radius 1 is 1.04 bits per heavy atom. The molecule has 2 aromatic rings. The summed E-state index contributed by atoms with van der Waals surface area (Å²) < 4.78 is 5.21. The first-order chi connectivity index (χ1) is 11.0. The van der Waals surface area contributed by atoms with Crippen molar-refractivity contribution in [2.24, 2.45) is 5.73 Å². The smallest absolute Gasteiger partial charge is 0.170 e. The number of phenols is 3. The highest BCUT2D eigenvalue weighted by Crippen LogP contribution is 2.33. The number of hydrogen-bond acceptors (Lipinski definition) is 6. The van der Waals surface area contributed by atoms with Crippen LogP contribution < -0.4 is 10.5 Å². The van der Waals surface area contributed by atoms with Crippen LogP contribution in [0.3, 0.4) is 0 Å². The Balaban J connectivity index is 2.08. The van der Waals surface area contributed by atoms with Crippen molar-refractivity contribution in [2.75, 3.05) is 13.2 Å². The summed E-state index contributed by atoms with van der Waals surface area (Å²) in [5, 5.41) is 29.1. The van der Waals surface area contributed by atoms with Gasteiger partial charge < -0.3 is 25.8 Å². The average molecular weight is 317 g/mol. The third-order valence-corrected chi connectivity index (χ3v) is 3.31. The highest BCUT2D eigenvalue weighted by molar-refractivity contribution is 6.01. The summed E-state index contributed by atoms with van der Waals surface area (Å²) in [5.74, 6) is -0.622. The lowest BCUT2D eigenvalue weighted by atomic mass is 10.0. The molecule has 0 spiro atoms. The number of rotatable bonds is 7. The minimum Gasteiger partial charge on any atom is -0.508 e. The molecule has 0 aliphatic rings. The Labute approximate surface area is 133 Å². The molecule has 5 N–H and O–H groups in total. The molecule has 6 heteroatoms. The van der Waals surface area contributed by atoms with Crippen molar-refractivity contribution in [1.29, 1.82) is 0 Å². The number of carbonyl (C=O) groups is 1. The van der Waals surface area contributed by atoms with Crippen LogP contribution in [0.2, 0.25) is 0 Å². The summed E-state index contributed by atoms with van der Waals surface area (Å²) in [4.78, 5) is 12.2. The summed E-state index contributed by atoms with van der Waals surface area (Å²) in [6.45, 7) is 0.544. The monoisotopic (exact) mass is 317 g/mol. The van der Waals surface area contributed by atoms with Crippen LogP contribution in [-0.4, -0.2) is 34.3 Å². The molecular weight excluding hydrogens is 298 g/mol. The quantitative estimate of drug-likeness (QED) is 0.581. The van der Waals surface area contributed by atoms with Crippen LogP contribution in [0.15, 0.2) is 36.4 Å². The molecule has 2 aromatic carbocycles. The van der Waals surface area contributed by atoms with Gasteiger partial charge in [-0.2, -0.15) is 0 Å². The number of hydrogen-bond donors (Lipinski definition) is 4. The second-order valence-corrected chi connectivity index (χ2v) is 5.06. The van der Waals surface area contributed by atoms with Gasteiger partial charge in [0, 0.05) is 25.1 Å². The van der Waals surface area contributed by atoms with Gasteiger partial charge in [0.25, 0.3) is 0 Å². The molecule has 0 aromatic heterocycles. The minimum absolute atomic E-state index is 0.120. The first kappa shape index (κ1) is 16.6. The van der Waals surface area contributed by atoms with Gasteiger partial charge in [-0.05, 0) is 24.1 Å². The molecule has 0 saturated carbocycles. The van der Waals surface area contributed by atoms with Gasteiger partial charge in [0.15, 0.2) is 5.78 Å². The fourth-order valence-corrected chi connectivity index (χ4v) is 2.18. The summed E-state index contributed by atoms with van der Waals surface area (Å²) >= 11 is 0. The summed E-state index contributed by atoms with van der Waals surface area (Å²) in [6.07, 6.45) is 0.554. The number of ketones is 1. The Bertz CT molecular complexity index is 659. The molecule has 0 atom stereocenters. The van der Waals surface area contributed by atoms with E-state index in [0.717, 1.165) is 5.56 Å². The van der Waals surface area contributed by atoms with E-state index in [9.17, 15) is 20.1 Å². The second kappa shape index (κ2) is 7.51. The normalized spacial score (nSPS) is 10.5. The molecule has 0 bridgehead atoms. The number of phenolic OH excluding ortho intramolecular Hbond substituents is 3. The van der Waals surface area contributed by atoms with E-state index >= 15 is 0 Å². The van der Waals surface area contributed by atoms with E-state index in [4.69, 9.17) is 10.5 Å². The lowest BCUT2D eigenvalue weighted by Gasteiger charge is -2.10. The van der Waals surface area contributed by atoms with Crippen LogP contribution in [-0.2, 0) is 6.42 Å². The Kier molecular flexibility index (Phi) is 5.43. The topological polar surface area (TPSA) is 113 Å². The third kappa shape index (κ3) is 4.37. The third-order valence-electron chi connectivity index (χ3n) is 3.31. The predicted molar refractivity (Wildman–Crippen MR) is 85.1 cm³/mol. The number of nitrogens with two attached hydrogens (primary N) is 1. The van der Waals surface area contributed by atoms with Crippen LogP contribution in [0, 0.1) is 0 Å². The maximum Gasteiger partial charge on any atom is 0.170 e. The number of ether oxygens (including phenoxy) is 1. The van der Waals surface area contributed by atoms with Crippen molar-refractivity contribution in [1.82, 2.24) is 0 Å². The molecule has 2 rings (SSSR count). The Morgan fingerprint density at radius 2 is 1.65 bits per heavy atom.